The SMILES string of the molecule is CCCc1ccc([C@@H](NCc2nc3ccccc3c(=O)n2CC(N)=O)C(C)C)cc1. The molecule has 0 saturated heterocycles. The molecule has 30 heavy (non-hydrogen) atoms. The van der Waals surface area contributed by atoms with Crippen molar-refractivity contribution in [1.82, 2.24) is 14.9 Å². The maximum Gasteiger partial charge on any atom is 0.261 e. The molecule has 0 radical (unpaired) electrons. The van der Waals surface area contributed by atoms with Crippen molar-refractivity contribution >= 4 is 16.8 Å². The quantitative estimate of drug-likeness (QED) is 0.570. The number of primary amides is 1. The van der Waals surface area contributed by atoms with E-state index in [9.17, 15) is 9.59 Å². The number of aryl methyl sites for hydroxylation is 1. The highest BCUT2D eigenvalue weighted by molar-refractivity contribution is 5.78. The molecule has 6 nitrogen and oxygen atoms in total. The van der Waals surface area contributed by atoms with Crippen LogP contribution in [0.3, 0.4) is 0 Å². The number of hydrogen-bond donors (Lipinski definition) is 2. The second-order valence-corrected chi connectivity index (χ2v) is 8.00. The zero-order chi connectivity index (χ0) is 21.7. The molecule has 1 amide bonds. The molecule has 0 fully saturated rings. The topological polar surface area (TPSA) is 90.0 Å². The zero-order valence-electron chi connectivity index (χ0n) is 17.9. The summed E-state index contributed by atoms with van der Waals surface area (Å²) < 4.78 is 1.37. The van der Waals surface area contributed by atoms with Gasteiger partial charge in [0.15, 0.2) is 0 Å². The average Bonchev–Trinajstić information content (AvgIpc) is 2.72. The predicted octanol–water partition coefficient (Wildman–Crippen LogP) is 3.32. The first kappa shape index (κ1) is 21.7. The van der Waals surface area contributed by atoms with Gasteiger partial charge >= 0.3 is 0 Å². The monoisotopic (exact) mass is 406 g/mol. The minimum atomic E-state index is -0.567. The minimum Gasteiger partial charge on any atom is -0.368 e. The van der Waals surface area contributed by atoms with Gasteiger partial charge in [-0.25, -0.2) is 4.98 Å². The summed E-state index contributed by atoms with van der Waals surface area (Å²) in [5, 5.41) is 4.02. The number of benzene rings is 2. The normalized spacial score (nSPS) is 12.4. The standard InChI is InChI=1S/C24H30N4O2/c1-4-7-17-10-12-18(13-11-17)23(16(2)3)26-14-22-27-20-9-6-5-8-19(20)24(30)28(22)15-21(25)29/h5-6,8-13,16,23,26H,4,7,14-15H2,1-3H3,(H2,25,29)/t23-/m0/s1. The van der Waals surface area contributed by atoms with Crippen LogP contribution in [0.15, 0.2) is 53.3 Å². The van der Waals surface area contributed by atoms with Crippen LogP contribution in [0, 0.1) is 5.92 Å². The summed E-state index contributed by atoms with van der Waals surface area (Å²) in [5.74, 6) is 0.270. The van der Waals surface area contributed by atoms with E-state index in [1.807, 2.05) is 6.07 Å². The molecule has 0 saturated carbocycles. The van der Waals surface area contributed by atoms with E-state index in [0.717, 1.165) is 12.8 Å². The van der Waals surface area contributed by atoms with Gasteiger partial charge in [-0.3, -0.25) is 14.2 Å². The van der Waals surface area contributed by atoms with Gasteiger partial charge in [0.05, 0.1) is 17.4 Å². The van der Waals surface area contributed by atoms with Crippen LogP contribution in [-0.4, -0.2) is 15.5 Å². The van der Waals surface area contributed by atoms with E-state index >= 15 is 0 Å². The highest BCUT2D eigenvalue weighted by atomic mass is 16.2. The molecule has 3 rings (SSSR count). The number of rotatable bonds is 9. The molecule has 158 valence electrons. The molecule has 0 spiro atoms. The van der Waals surface area contributed by atoms with E-state index in [0.29, 0.717) is 29.2 Å². The van der Waals surface area contributed by atoms with Crippen LogP contribution >= 0.6 is 0 Å². The molecule has 3 aromatic rings. The van der Waals surface area contributed by atoms with Crippen LogP contribution < -0.4 is 16.6 Å². The van der Waals surface area contributed by atoms with Gasteiger partial charge in [0.1, 0.15) is 12.4 Å². The zero-order valence-corrected chi connectivity index (χ0v) is 17.9. The van der Waals surface area contributed by atoms with E-state index in [1.165, 1.54) is 15.7 Å². The van der Waals surface area contributed by atoms with Crippen LogP contribution in [0.25, 0.3) is 10.9 Å². The molecule has 2 aromatic carbocycles. The van der Waals surface area contributed by atoms with Gasteiger partial charge in [-0.2, -0.15) is 0 Å². The molecule has 1 heterocycles. The second-order valence-electron chi connectivity index (χ2n) is 8.00. The maximum absolute atomic E-state index is 12.9. The fourth-order valence-electron chi connectivity index (χ4n) is 3.79. The third kappa shape index (κ3) is 4.94. The van der Waals surface area contributed by atoms with Crippen molar-refractivity contribution in [2.45, 2.75) is 52.7 Å². The Hall–Kier alpha value is -2.99. The Morgan fingerprint density at radius 3 is 2.47 bits per heavy atom. The average molecular weight is 407 g/mol. The van der Waals surface area contributed by atoms with Crippen molar-refractivity contribution < 1.29 is 4.79 Å². The number of nitrogens with two attached hydrogens (primary N) is 1. The van der Waals surface area contributed by atoms with Gasteiger partial charge in [-0.1, -0.05) is 63.6 Å². The number of nitrogens with one attached hydrogen (secondary N) is 1. The summed E-state index contributed by atoms with van der Waals surface area (Å²) in [6, 6.07) is 15.9. The maximum atomic E-state index is 12.9. The number of nitrogens with zero attached hydrogens (tertiary/aromatic N) is 2. The van der Waals surface area contributed by atoms with Crippen LogP contribution in [-0.2, 0) is 24.3 Å². The fourth-order valence-corrected chi connectivity index (χ4v) is 3.79. The molecule has 1 atom stereocenters. The van der Waals surface area contributed by atoms with Crippen LogP contribution in [0.5, 0.6) is 0 Å². The summed E-state index contributed by atoms with van der Waals surface area (Å²) in [6.07, 6.45) is 2.19. The Labute approximate surface area is 177 Å². The highest BCUT2D eigenvalue weighted by Gasteiger charge is 2.18. The summed E-state index contributed by atoms with van der Waals surface area (Å²) in [6.45, 7) is 6.65. The van der Waals surface area contributed by atoms with E-state index in [2.05, 4.69) is 55.3 Å². The lowest BCUT2D eigenvalue weighted by Gasteiger charge is -2.24. The second kappa shape index (κ2) is 9.67. The summed E-state index contributed by atoms with van der Waals surface area (Å²) in [4.78, 5) is 29.1. The number of para-hydroxylation sites is 1. The van der Waals surface area contributed by atoms with Crippen molar-refractivity contribution in [2.24, 2.45) is 11.7 Å². The first-order valence-electron chi connectivity index (χ1n) is 10.5. The van der Waals surface area contributed by atoms with E-state index in [1.54, 1.807) is 18.2 Å². The molecule has 0 aliphatic heterocycles. The summed E-state index contributed by atoms with van der Waals surface area (Å²) >= 11 is 0. The molecule has 0 unspecified atom stereocenters. The van der Waals surface area contributed by atoms with Crippen LogP contribution in [0.1, 0.15) is 50.2 Å². The van der Waals surface area contributed by atoms with E-state index in [-0.39, 0.29) is 18.1 Å². The van der Waals surface area contributed by atoms with Crippen molar-refractivity contribution in [1.29, 1.82) is 0 Å². The smallest absolute Gasteiger partial charge is 0.261 e. The lowest BCUT2D eigenvalue weighted by molar-refractivity contribution is -0.118. The Morgan fingerprint density at radius 1 is 1.13 bits per heavy atom. The number of fused-ring (bicyclic) bond motifs is 1. The molecule has 0 aliphatic carbocycles. The predicted molar refractivity (Wildman–Crippen MR) is 120 cm³/mol. The Kier molecular flexibility index (Phi) is 7.00. The van der Waals surface area contributed by atoms with Crippen LogP contribution in [0.4, 0.5) is 0 Å². The van der Waals surface area contributed by atoms with Crippen molar-refractivity contribution in [3.05, 3.63) is 75.8 Å². The molecule has 0 bridgehead atoms. The van der Waals surface area contributed by atoms with Crippen molar-refractivity contribution in [3.63, 3.8) is 0 Å². The number of hydrogen-bond acceptors (Lipinski definition) is 4. The number of amides is 1. The Morgan fingerprint density at radius 2 is 1.83 bits per heavy atom. The largest absolute Gasteiger partial charge is 0.368 e. The van der Waals surface area contributed by atoms with Crippen molar-refractivity contribution in [2.75, 3.05) is 0 Å². The van der Waals surface area contributed by atoms with E-state index < -0.39 is 5.91 Å². The number of carbonyl (C=O) groups is 1. The summed E-state index contributed by atoms with van der Waals surface area (Å²) in [5.41, 5.74) is 8.28. The molecule has 6 heteroatoms. The lowest BCUT2D eigenvalue weighted by atomic mass is 9.94. The Balaban J connectivity index is 1.91. The number of aromatic nitrogens is 2. The van der Waals surface area contributed by atoms with Gasteiger partial charge in [-0.05, 0) is 35.6 Å². The first-order valence-corrected chi connectivity index (χ1v) is 10.5. The third-order valence-electron chi connectivity index (χ3n) is 5.28. The fraction of sp³-hybridized carbons (Fsp3) is 0.375. The first-order chi connectivity index (χ1) is 14.4. The number of carbonyl (C=O) groups excluding carboxylic acids is 1. The van der Waals surface area contributed by atoms with Crippen LogP contribution in [0.2, 0.25) is 0 Å². The van der Waals surface area contributed by atoms with Gasteiger partial charge in [0, 0.05) is 6.04 Å². The van der Waals surface area contributed by atoms with Gasteiger partial charge in [0.2, 0.25) is 5.91 Å². The van der Waals surface area contributed by atoms with Gasteiger partial charge < -0.3 is 11.1 Å². The highest BCUT2D eigenvalue weighted by Crippen LogP contribution is 2.23. The van der Waals surface area contributed by atoms with E-state index in [4.69, 9.17) is 5.73 Å². The molecular weight excluding hydrogens is 376 g/mol. The third-order valence-corrected chi connectivity index (χ3v) is 5.28. The summed E-state index contributed by atoms with van der Waals surface area (Å²) in [7, 11) is 0. The van der Waals surface area contributed by atoms with Gasteiger partial charge in [0.25, 0.3) is 5.56 Å². The molecular formula is C24H30N4O2. The molecule has 3 N–H and O–H groups in total. The molecule has 1 aromatic heterocycles. The van der Waals surface area contributed by atoms with Crippen molar-refractivity contribution in [3.8, 4) is 0 Å². The molecule has 0 aliphatic rings. The minimum absolute atomic E-state index is 0.0890. The lowest BCUT2D eigenvalue weighted by Crippen LogP contribution is -2.34. The Bertz CT molecular complexity index is 1070. The van der Waals surface area contributed by atoms with Gasteiger partial charge in [-0.15, -0.1) is 0 Å².